The van der Waals surface area contributed by atoms with Crippen molar-refractivity contribution in [1.82, 2.24) is 25.2 Å². The minimum atomic E-state index is -0.412. The average molecular weight is 365 g/mol. The van der Waals surface area contributed by atoms with E-state index in [4.69, 9.17) is 4.98 Å². The lowest BCUT2D eigenvalue weighted by atomic mass is 10.0. The Morgan fingerprint density at radius 1 is 1.33 bits per heavy atom. The van der Waals surface area contributed by atoms with Crippen molar-refractivity contribution in [2.45, 2.75) is 45.6 Å². The predicted octanol–water partition coefficient (Wildman–Crippen LogP) is 1.83. The molecule has 1 fully saturated rings. The van der Waals surface area contributed by atoms with Crippen LogP contribution in [0.25, 0.3) is 16.6 Å². The molecule has 4 rings (SSSR count). The van der Waals surface area contributed by atoms with Crippen LogP contribution in [0.15, 0.2) is 24.3 Å². The molecule has 0 saturated carbocycles. The smallest absolute Gasteiger partial charge is 0.242 e. The Labute approximate surface area is 157 Å². The van der Waals surface area contributed by atoms with Gasteiger partial charge in [-0.05, 0) is 50.8 Å². The number of aromatic nitrogens is 3. The van der Waals surface area contributed by atoms with E-state index in [2.05, 4.69) is 15.7 Å². The summed E-state index contributed by atoms with van der Waals surface area (Å²) in [4.78, 5) is 28.9. The summed E-state index contributed by atoms with van der Waals surface area (Å²) >= 11 is 0. The fourth-order valence-corrected chi connectivity index (χ4v) is 3.75. The van der Waals surface area contributed by atoms with E-state index in [1.165, 1.54) is 0 Å². The molecule has 2 amide bonds. The second kappa shape index (κ2) is 6.98. The third kappa shape index (κ3) is 3.25. The Morgan fingerprint density at radius 2 is 2.15 bits per heavy atom. The zero-order valence-electron chi connectivity index (χ0n) is 15.6. The van der Waals surface area contributed by atoms with E-state index in [0.717, 1.165) is 39.9 Å². The molecule has 1 aromatic carbocycles. The summed E-state index contributed by atoms with van der Waals surface area (Å²) in [5.41, 5.74) is 4.68. The number of carbonyl (C=O) groups is 2. The number of fused-ring (bicyclic) bond motifs is 3. The summed E-state index contributed by atoms with van der Waals surface area (Å²) < 4.78 is 1.86. The van der Waals surface area contributed by atoms with Gasteiger partial charge in [-0.1, -0.05) is 12.1 Å². The van der Waals surface area contributed by atoms with Crippen LogP contribution in [-0.4, -0.2) is 39.0 Å². The maximum absolute atomic E-state index is 12.3. The van der Waals surface area contributed by atoms with Crippen LogP contribution in [0.3, 0.4) is 0 Å². The molecule has 1 aliphatic heterocycles. The number of nitrogens with one attached hydrogen (secondary N) is 2. The van der Waals surface area contributed by atoms with E-state index in [1.807, 2.05) is 42.6 Å². The summed E-state index contributed by atoms with van der Waals surface area (Å²) in [6, 6.07) is 7.53. The van der Waals surface area contributed by atoms with Gasteiger partial charge in [-0.3, -0.25) is 9.59 Å². The first-order valence-corrected chi connectivity index (χ1v) is 9.35. The Balaban J connectivity index is 1.54. The van der Waals surface area contributed by atoms with Crippen LogP contribution in [0.5, 0.6) is 0 Å². The fourth-order valence-electron chi connectivity index (χ4n) is 3.75. The van der Waals surface area contributed by atoms with Crippen molar-refractivity contribution in [1.29, 1.82) is 0 Å². The van der Waals surface area contributed by atoms with E-state index in [9.17, 15) is 9.59 Å². The highest BCUT2D eigenvalue weighted by atomic mass is 16.2. The zero-order chi connectivity index (χ0) is 19.0. The SMILES string of the molecule is Cc1nc2c3ccccc3nn2c(C)c1CCC(=O)NC1CCCNC1=O. The lowest BCUT2D eigenvalue weighted by molar-refractivity contribution is -0.130. The molecule has 1 saturated heterocycles. The van der Waals surface area contributed by atoms with Crippen LogP contribution in [0.1, 0.15) is 36.2 Å². The van der Waals surface area contributed by atoms with Gasteiger partial charge >= 0.3 is 0 Å². The highest BCUT2D eigenvalue weighted by Gasteiger charge is 2.23. The summed E-state index contributed by atoms with van der Waals surface area (Å²) in [5, 5.41) is 11.3. The summed E-state index contributed by atoms with van der Waals surface area (Å²) in [5.74, 6) is -0.199. The van der Waals surface area contributed by atoms with Crippen molar-refractivity contribution < 1.29 is 9.59 Å². The molecule has 0 bridgehead atoms. The standard InChI is InChI=1S/C20H23N5O2/c1-12-14(9-10-18(26)23-17-8-5-11-21-20(17)27)13(2)25-19(22-12)15-6-3-4-7-16(15)24-25/h3-4,6-7,17H,5,8-11H2,1-2H3,(H,21,27)(H,23,26). The van der Waals surface area contributed by atoms with Crippen molar-refractivity contribution in [3.63, 3.8) is 0 Å². The Hall–Kier alpha value is -2.96. The van der Waals surface area contributed by atoms with Crippen LogP contribution in [0.4, 0.5) is 0 Å². The number of hydrogen-bond donors (Lipinski definition) is 2. The second-order valence-corrected chi connectivity index (χ2v) is 7.07. The third-order valence-electron chi connectivity index (χ3n) is 5.24. The summed E-state index contributed by atoms with van der Waals surface area (Å²) in [6.07, 6.45) is 2.47. The highest BCUT2D eigenvalue weighted by molar-refractivity contribution is 5.92. The van der Waals surface area contributed by atoms with Gasteiger partial charge in [-0.25, -0.2) is 9.50 Å². The van der Waals surface area contributed by atoms with Crippen LogP contribution < -0.4 is 10.6 Å². The lowest BCUT2D eigenvalue weighted by Crippen LogP contribution is -2.50. The number of hydrogen-bond acceptors (Lipinski definition) is 4. The topological polar surface area (TPSA) is 88.4 Å². The Bertz CT molecular complexity index is 1040. The molecule has 1 unspecified atom stereocenters. The molecular formula is C20H23N5O2. The molecule has 3 aromatic rings. The summed E-state index contributed by atoms with van der Waals surface area (Å²) in [6.45, 7) is 4.67. The molecule has 0 aliphatic carbocycles. The maximum atomic E-state index is 12.3. The van der Waals surface area contributed by atoms with Crippen molar-refractivity contribution in [2.75, 3.05) is 6.54 Å². The van der Waals surface area contributed by atoms with Gasteiger partial charge in [0.25, 0.3) is 0 Å². The van der Waals surface area contributed by atoms with Gasteiger partial charge in [0.2, 0.25) is 11.8 Å². The first kappa shape index (κ1) is 17.5. The van der Waals surface area contributed by atoms with Crippen LogP contribution in [0, 0.1) is 13.8 Å². The zero-order valence-corrected chi connectivity index (χ0v) is 15.6. The first-order chi connectivity index (χ1) is 13.0. The van der Waals surface area contributed by atoms with E-state index in [0.29, 0.717) is 25.8 Å². The van der Waals surface area contributed by atoms with Gasteiger partial charge in [-0.15, -0.1) is 0 Å². The van der Waals surface area contributed by atoms with Crippen molar-refractivity contribution in [3.8, 4) is 0 Å². The number of carbonyl (C=O) groups excluding carboxylic acids is 2. The molecule has 140 valence electrons. The molecule has 1 atom stereocenters. The second-order valence-electron chi connectivity index (χ2n) is 7.07. The normalized spacial score (nSPS) is 17.3. The Kier molecular flexibility index (Phi) is 4.51. The Morgan fingerprint density at radius 3 is 2.96 bits per heavy atom. The quantitative estimate of drug-likeness (QED) is 0.738. The van der Waals surface area contributed by atoms with E-state index in [1.54, 1.807) is 0 Å². The molecule has 2 aromatic heterocycles. The lowest BCUT2D eigenvalue weighted by Gasteiger charge is -2.22. The molecule has 2 N–H and O–H groups in total. The van der Waals surface area contributed by atoms with E-state index < -0.39 is 6.04 Å². The van der Waals surface area contributed by atoms with E-state index >= 15 is 0 Å². The first-order valence-electron chi connectivity index (χ1n) is 9.35. The number of nitrogens with zero attached hydrogens (tertiary/aromatic N) is 3. The van der Waals surface area contributed by atoms with Crippen molar-refractivity contribution in [2.24, 2.45) is 0 Å². The van der Waals surface area contributed by atoms with Gasteiger partial charge in [0, 0.05) is 29.7 Å². The van der Waals surface area contributed by atoms with Crippen molar-refractivity contribution in [3.05, 3.63) is 41.2 Å². The minimum Gasteiger partial charge on any atom is -0.354 e. The van der Waals surface area contributed by atoms with Gasteiger partial charge in [-0.2, -0.15) is 5.10 Å². The molecule has 0 spiro atoms. The number of aryl methyl sites for hydroxylation is 2. The van der Waals surface area contributed by atoms with Crippen molar-refractivity contribution >= 4 is 28.4 Å². The molecular weight excluding hydrogens is 342 g/mol. The number of benzene rings is 1. The van der Waals surface area contributed by atoms with Crippen LogP contribution in [-0.2, 0) is 16.0 Å². The predicted molar refractivity (Wildman–Crippen MR) is 102 cm³/mol. The minimum absolute atomic E-state index is 0.0896. The monoisotopic (exact) mass is 365 g/mol. The molecule has 27 heavy (non-hydrogen) atoms. The number of piperidine rings is 1. The van der Waals surface area contributed by atoms with Gasteiger partial charge in [0.1, 0.15) is 6.04 Å². The highest BCUT2D eigenvalue weighted by Crippen LogP contribution is 2.22. The molecule has 1 aliphatic rings. The van der Waals surface area contributed by atoms with Gasteiger partial charge in [0.05, 0.1) is 5.52 Å². The van der Waals surface area contributed by atoms with Crippen LogP contribution in [0.2, 0.25) is 0 Å². The van der Waals surface area contributed by atoms with Gasteiger partial charge < -0.3 is 10.6 Å². The number of amides is 2. The average Bonchev–Trinajstić information content (AvgIpc) is 3.02. The fraction of sp³-hybridized carbons (Fsp3) is 0.400. The third-order valence-corrected chi connectivity index (χ3v) is 5.24. The van der Waals surface area contributed by atoms with Gasteiger partial charge in [0.15, 0.2) is 5.65 Å². The molecule has 0 radical (unpaired) electrons. The molecule has 7 nitrogen and oxygen atoms in total. The number of rotatable bonds is 4. The molecule has 3 heterocycles. The maximum Gasteiger partial charge on any atom is 0.242 e. The largest absolute Gasteiger partial charge is 0.354 e. The molecule has 7 heteroatoms. The van der Waals surface area contributed by atoms with Crippen LogP contribution >= 0.6 is 0 Å². The summed E-state index contributed by atoms with van der Waals surface area (Å²) in [7, 11) is 0. The van der Waals surface area contributed by atoms with E-state index in [-0.39, 0.29) is 11.8 Å².